The van der Waals surface area contributed by atoms with Gasteiger partial charge in [-0.1, -0.05) is 30.2 Å². The van der Waals surface area contributed by atoms with E-state index in [0.717, 1.165) is 54.1 Å². The van der Waals surface area contributed by atoms with Crippen molar-refractivity contribution in [3.05, 3.63) is 40.9 Å². The Morgan fingerprint density at radius 2 is 1.82 bits per heavy atom. The van der Waals surface area contributed by atoms with Crippen LogP contribution in [0.25, 0.3) is 0 Å². The van der Waals surface area contributed by atoms with Crippen LogP contribution in [-0.4, -0.2) is 72.7 Å². The van der Waals surface area contributed by atoms with Crippen LogP contribution in [0, 0.1) is 23.7 Å². The van der Waals surface area contributed by atoms with Gasteiger partial charge in [0.15, 0.2) is 0 Å². The number of halogens is 3. The molecular formula is C27H36Cl3N3O5. The summed E-state index contributed by atoms with van der Waals surface area (Å²) in [7, 11) is 0. The molecule has 0 spiro atoms. The van der Waals surface area contributed by atoms with Crippen LogP contribution in [0.15, 0.2) is 35.9 Å². The van der Waals surface area contributed by atoms with E-state index < -0.39 is 23.4 Å². The fraction of sp³-hybridized carbons (Fsp3) is 0.593. The van der Waals surface area contributed by atoms with Crippen molar-refractivity contribution in [3.8, 4) is 0 Å². The molecule has 210 valence electrons. The first kappa shape index (κ1) is 30.7. The third-order valence-electron chi connectivity index (χ3n) is 8.19. The monoisotopic (exact) mass is 587 g/mol. The number of anilines is 1. The second-order valence-electron chi connectivity index (χ2n) is 10.6. The van der Waals surface area contributed by atoms with Crippen molar-refractivity contribution in [2.45, 2.75) is 39.2 Å². The number of hydrogen-bond acceptors (Lipinski definition) is 7. The van der Waals surface area contributed by atoms with Crippen LogP contribution in [0.5, 0.6) is 0 Å². The molecule has 2 amide bonds. The molecule has 5 atom stereocenters. The summed E-state index contributed by atoms with van der Waals surface area (Å²) in [5.74, 6) is -2.28. The van der Waals surface area contributed by atoms with Gasteiger partial charge in [0.1, 0.15) is 5.60 Å². The van der Waals surface area contributed by atoms with Crippen LogP contribution >= 0.6 is 36.4 Å². The maximum atomic E-state index is 13.4. The molecule has 8 nitrogen and oxygen atoms in total. The van der Waals surface area contributed by atoms with Gasteiger partial charge in [-0.3, -0.25) is 24.1 Å². The first-order valence-electron chi connectivity index (χ1n) is 12.8. The van der Waals surface area contributed by atoms with Gasteiger partial charge in [0.25, 0.3) is 11.8 Å². The predicted molar refractivity (Wildman–Crippen MR) is 150 cm³/mol. The number of amides is 2. The van der Waals surface area contributed by atoms with Crippen molar-refractivity contribution in [2.24, 2.45) is 23.7 Å². The van der Waals surface area contributed by atoms with Gasteiger partial charge < -0.3 is 9.64 Å². The van der Waals surface area contributed by atoms with Crippen LogP contribution in [0.1, 0.15) is 33.6 Å². The lowest BCUT2D eigenvalue weighted by molar-refractivity contribution is -0.191. The smallest absolute Gasteiger partial charge is 0.303 e. The van der Waals surface area contributed by atoms with Crippen LogP contribution in [0.2, 0.25) is 5.02 Å². The number of benzene rings is 1. The van der Waals surface area contributed by atoms with Gasteiger partial charge in [-0.15, -0.1) is 24.8 Å². The molecule has 3 fully saturated rings. The second kappa shape index (κ2) is 12.1. The summed E-state index contributed by atoms with van der Waals surface area (Å²) < 4.78 is 5.75. The Hall–Kier alpha value is -1.84. The quantitative estimate of drug-likeness (QED) is 0.205. The molecule has 11 heteroatoms. The highest BCUT2D eigenvalue weighted by Crippen LogP contribution is 2.58. The topological polar surface area (TPSA) is 79.4 Å². The number of imide groups is 1. The zero-order valence-corrected chi connectivity index (χ0v) is 24.3. The lowest BCUT2D eigenvalue weighted by Crippen LogP contribution is -2.57. The normalized spacial score (nSPS) is 30.4. The first-order chi connectivity index (χ1) is 17.2. The van der Waals surface area contributed by atoms with Crippen molar-refractivity contribution >= 4 is 59.9 Å². The highest BCUT2D eigenvalue weighted by atomic mass is 35.5. The molecule has 2 saturated heterocycles. The number of esters is 1. The molecule has 5 aliphatic rings. The summed E-state index contributed by atoms with van der Waals surface area (Å²) in [5, 5.41) is 1.70. The molecule has 2 bridgehead atoms. The third kappa shape index (κ3) is 5.56. The fourth-order valence-corrected chi connectivity index (χ4v) is 7.07. The molecular weight excluding hydrogens is 553 g/mol. The van der Waals surface area contributed by atoms with Crippen molar-refractivity contribution in [3.63, 3.8) is 0 Å². The number of carbonyl (C=O) groups excluding carboxylic acids is 3. The average Bonchev–Trinajstić information content (AvgIpc) is 3.07. The van der Waals surface area contributed by atoms with E-state index in [4.69, 9.17) is 21.2 Å². The Kier molecular flexibility index (Phi) is 9.80. The molecule has 1 saturated carbocycles. The minimum atomic E-state index is -1.07. The van der Waals surface area contributed by atoms with Crippen molar-refractivity contribution in [2.75, 3.05) is 44.2 Å². The highest BCUT2D eigenvalue weighted by Gasteiger charge is 2.68. The first-order valence-corrected chi connectivity index (χ1v) is 13.2. The predicted octanol–water partition coefficient (Wildman–Crippen LogP) is 4.15. The van der Waals surface area contributed by atoms with Gasteiger partial charge in [0, 0.05) is 50.4 Å². The zero-order valence-electron chi connectivity index (χ0n) is 21.9. The molecule has 2 aliphatic heterocycles. The third-order valence-corrected chi connectivity index (χ3v) is 8.43. The Morgan fingerprint density at radius 1 is 1.11 bits per heavy atom. The number of hydroxylamine groups is 2. The molecule has 1 aromatic rings. The number of piperazine rings is 1. The van der Waals surface area contributed by atoms with E-state index in [1.54, 1.807) is 0 Å². The Morgan fingerprint density at radius 3 is 2.45 bits per heavy atom. The van der Waals surface area contributed by atoms with Crippen LogP contribution in [-0.2, 0) is 24.0 Å². The second-order valence-corrected chi connectivity index (χ2v) is 11.1. The summed E-state index contributed by atoms with van der Waals surface area (Å²) in [6.45, 7) is 10.1. The number of nitrogens with zero attached hydrogens (tertiary/aromatic N) is 3. The molecule has 0 radical (unpaired) electrons. The van der Waals surface area contributed by atoms with E-state index in [1.807, 2.05) is 31.2 Å². The molecule has 2 heterocycles. The molecule has 3 aliphatic carbocycles. The van der Waals surface area contributed by atoms with Gasteiger partial charge in [-0.25, -0.2) is 0 Å². The zero-order chi connectivity index (χ0) is 25.6. The summed E-state index contributed by atoms with van der Waals surface area (Å²) in [4.78, 5) is 49.1. The molecule has 38 heavy (non-hydrogen) atoms. The Labute approximate surface area is 241 Å². The van der Waals surface area contributed by atoms with Crippen molar-refractivity contribution in [1.82, 2.24) is 9.96 Å². The van der Waals surface area contributed by atoms with E-state index >= 15 is 0 Å². The number of carbonyl (C=O) groups is 3. The maximum Gasteiger partial charge on any atom is 0.303 e. The summed E-state index contributed by atoms with van der Waals surface area (Å²) in [5.41, 5.74) is 1.08. The summed E-state index contributed by atoms with van der Waals surface area (Å²) in [6.07, 6.45) is 3.15. The molecule has 6 rings (SSSR count). The fourth-order valence-electron chi connectivity index (χ4n) is 6.89. The van der Waals surface area contributed by atoms with Gasteiger partial charge in [0.05, 0.1) is 18.4 Å². The summed E-state index contributed by atoms with van der Waals surface area (Å²) >= 11 is 6.13. The van der Waals surface area contributed by atoms with Crippen LogP contribution in [0.3, 0.4) is 0 Å². The molecule has 0 N–H and O–H groups in total. The largest absolute Gasteiger partial charge is 0.454 e. The van der Waals surface area contributed by atoms with Crippen LogP contribution in [0.4, 0.5) is 5.69 Å². The number of rotatable bonds is 7. The van der Waals surface area contributed by atoms with E-state index in [9.17, 15) is 14.4 Å². The minimum Gasteiger partial charge on any atom is -0.454 e. The number of ether oxygens (including phenoxy) is 1. The Bertz CT molecular complexity index is 1090. The molecule has 1 aromatic carbocycles. The maximum absolute atomic E-state index is 13.4. The lowest BCUT2D eigenvalue weighted by Gasteiger charge is -2.52. The van der Waals surface area contributed by atoms with Gasteiger partial charge in [-0.05, 0) is 55.9 Å². The number of hydrogen-bond donors (Lipinski definition) is 0. The Balaban J connectivity index is 0.00000200. The standard InChI is InChI=1S/C27H34ClN3O5.2ClH/c1-17-15-27(36-19(3)32)16-18(2)22(17)23-24(27)26(34)31(25(23)33)35-13-5-8-29-9-11-30(12-10-29)21-7-4-6-20(28)14-21;;/h4,6-7,14-15,18,22-24H,5,8-13,16H2,1-3H3;2*1H/t18?,22-,23?,24?,27-;;/m1../s1. The lowest BCUT2D eigenvalue weighted by atomic mass is 9.54. The van der Waals surface area contributed by atoms with Crippen molar-refractivity contribution in [1.29, 1.82) is 0 Å². The summed E-state index contributed by atoms with van der Waals surface area (Å²) in [6, 6.07) is 7.91. The SMILES string of the molecule is CC(=O)O[C@]12C=C(C)[C@H](C(C)C1)C1C(=O)N(OCCCN3CCN(c4cccc(Cl)c4)CC3)C(=O)C12.Cl.Cl. The van der Waals surface area contributed by atoms with Gasteiger partial charge in [-0.2, -0.15) is 5.06 Å². The number of allylic oxidation sites excluding steroid dienone is 1. The van der Waals surface area contributed by atoms with E-state index in [1.165, 1.54) is 6.92 Å². The van der Waals surface area contributed by atoms with Crippen molar-refractivity contribution < 1.29 is 24.0 Å². The molecule has 0 aromatic heterocycles. The number of fused-ring (bicyclic) bond motifs is 1. The van der Waals surface area contributed by atoms with Crippen LogP contribution < -0.4 is 4.90 Å². The van der Waals surface area contributed by atoms with E-state index in [0.29, 0.717) is 12.8 Å². The average molecular weight is 589 g/mol. The molecule has 3 unspecified atom stereocenters. The van der Waals surface area contributed by atoms with E-state index in [2.05, 4.69) is 22.8 Å². The highest BCUT2D eigenvalue weighted by molar-refractivity contribution is 6.30. The van der Waals surface area contributed by atoms with Gasteiger partial charge in [0.2, 0.25) is 0 Å². The van der Waals surface area contributed by atoms with E-state index in [-0.39, 0.29) is 55.1 Å². The van der Waals surface area contributed by atoms with Gasteiger partial charge >= 0.3 is 5.97 Å². The minimum absolute atomic E-state index is 0.